The lowest BCUT2D eigenvalue weighted by atomic mass is 9.95. The first kappa shape index (κ1) is 23.8. The van der Waals surface area contributed by atoms with Crippen LogP contribution in [0.2, 0.25) is 0 Å². The van der Waals surface area contributed by atoms with Crippen LogP contribution in [-0.4, -0.2) is 35.4 Å². The average molecular weight is 437 g/mol. The number of nitrogens with one attached hydrogen (secondary N) is 1. The van der Waals surface area contributed by atoms with Crippen LogP contribution in [0.5, 0.6) is 5.75 Å². The lowest BCUT2D eigenvalue weighted by Crippen LogP contribution is -2.52. The van der Waals surface area contributed by atoms with Gasteiger partial charge in [0.15, 0.2) is 6.61 Å². The maximum atomic E-state index is 13.3. The highest BCUT2D eigenvalue weighted by Crippen LogP contribution is 2.21. The van der Waals surface area contributed by atoms with Crippen LogP contribution in [0, 0.1) is 13.8 Å². The molecule has 1 N–H and O–H groups in total. The van der Waals surface area contributed by atoms with E-state index in [0.29, 0.717) is 18.7 Å². The molecule has 5 heteroatoms. The monoisotopic (exact) mass is 436 g/mol. The van der Waals surface area contributed by atoms with Gasteiger partial charge in [0.2, 0.25) is 5.91 Å². The van der Waals surface area contributed by atoms with Crippen LogP contribution in [0.15, 0.2) is 48.5 Å². The highest BCUT2D eigenvalue weighted by Gasteiger charge is 2.30. The Morgan fingerprint density at radius 3 is 2.47 bits per heavy atom. The van der Waals surface area contributed by atoms with Crippen molar-refractivity contribution in [1.82, 2.24) is 10.2 Å². The molecule has 172 valence electrons. The van der Waals surface area contributed by atoms with Gasteiger partial charge in [-0.2, -0.15) is 0 Å². The fourth-order valence-corrected chi connectivity index (χ4v) is 4.33. The second-order valence-electron chi connectivity index (χ2n) is 8.83. The van der Waals surface area contributed by atoms with Crippen molar-refractivity contribution in [1.29, 1.82) is 0 Å². The molecule has 0 aromatic heterocycles. The van der Waals surface area contributed by atoms with E-state index in [1.54, 1.807) is 4.90 Å². The summed E-state index contributed by atoms with van der Waals surface area (Å²) >= 11 is 0. The summed E-state index contributed by atoms with van der Waals surface area (Å²) < 4.78 is 5.90. The van der Waals surface area contributed by atoms with Gasteiger partial charge in [-0.05, 0) is 55.9 Å². The zero-order valence-corrected chi connectivity index (χ0v) is 19.6. The molecule has 5 nitrogen and oxygen atoms in total. The Morgan fingerprint density at radius 1 is 1.06 bits per heavy atom. The van der Waals surface area contributed by atoms with Crippen molar-refractivity contribution in [3.05, 3.63) is 65.2 Å². The molecule has 3 rings (SSSR count). The molecule has 0 heterocycles. The Balaban J connectivity index is 1.75. The number of amides is 2. The first-order valence-corrected chi connectivity index (χ1v) is 11.8. The lowest BCUT2D eigenvalue weighted by Gasteiger charge is -2.32. The topological polar surface area (TPSA) is 58.6 Å². The Labute approximate surface area is 192 Å². The summed E-state index contributed by atoms with van der Waals surface area (Å²) in [6, 6.07) is 15.5. The fourth-order valence-electron chi connectivity index (χ4n) is 4.33. The van der Waals surface area contributed by atoms with Gasteiger partial charge in [-0.25, -0.2) is 0 Å². The second kappa shape index (κ2) is 11.7. The van der Waals surface area contributed by atoms with Gasteiger partial charge in [0.1, 0.15) is 11.8 Å². The summed E-state index contributed by atoms with van der Waals surface area (Å²) in [6.07, 6.45) is 6.13. The number of carbonyl (C=O) groups excluding carboxylic acids is 2. The van der Waals surface area contributed by atoms with E-state index in [1.165, 1.54) is 6.42 Å². The number of carbonyl (C=O) groups is 2. The molecule has 2 aromatic rings. The minimum Gasteiger partial charge on any atom is -0.483 e. The van der Waals surface area contributed by atoms with Crippen molar-refractivity contribution in [2.45, 2.75) is 77.9 Å². The maximum Gasteiger partial charge on any atom is 0.261 e. The number of hydrogen-bond donors (Lipinski definition) is 1. The second-order valence-corrected chi connectivity index (χ2v) is 8.83. The number of hydrogen-bond acceptors (Lipinski definition) is 3. The third-order valence-corrected chi connectivity index (χ3v) is 6.23. The van der Waals surface area contributed by atoms with Crippen LogP contribution in [0.1, 0.15) is 62.1 Å². The molecule has 1 saturated carbocycles. The maximum absolute atomic E-state index is 13.3. The standard InChI is InChI=1S/C27H36N2O3/c1-4-24(27(31)28-23-13-9-6-10-14-23)29(18-22-11-7-5-8-12-22)26(30)19-32-25-17-20(2)15-16-21(25)3/h5,7-8,11-12,15-17,23-24H,4,6,9-10,13-14,18-19H2,1-3H3,(H,28,31)/t24-/m1/s1. The molecule has 0 saturated heterocycles. The van der Waals surface area contributed by atoms with Crippen molar-refractivity contribution in [3.63, 3.8) is 0 Å². The molecular formula is C27H36N2O3. The van der Waals surface area contributed by atoms with E-state index in [1.807, 2.05) is 69.3 Å². The van der Waals surface area contributed by atoms with Crippen LogP contribution >= 0.6 is 0 Å². The van der Waals surface area contributed by atoms with Crippen molar-refractivity contribution < 1.29 is 14.3 Å². The van der Waals surface area contributed by atoms with Gasteiger partial charge in [-0.15, -0.1) is 0 Å². The molecule has 1 fully saturated rings. The third kappa shape index (κ3) is 6.59. The Kier molecular flexibility index (Phi) is 8.72. The number of ether oxygens (including phenoxy) is 1. The summed E-state index contributed by atoms with van der Waals surface area (Å²) in [4.78, 5) is 28.2. The van der Waals surface area contributed by atoms with E-state index in [9.17, 15) is 9.59 Å². The molecule has 0 bridgehead atoms. The Bertz CT molecular complexity index is 891. The number of benzene rings is 2. The van der Waals surface area contributed by atoms with Crippen molar-refractivity contribution in [3.8, 4) is 5.75 Å². The van der Waals surface area contributed by atoms with E-state index in [-0.39, 0.29) is 24.5 Å². The Morgan fingerprint density at radius 2 is 1.78 bits per heavy atom. The largest absolute Gasteiger partial charge is 0.483 e. The van der Waals surface area contributed by atoms with Gasteiger partial charge in [-0.3, -0.25) is 9.59 Å². The minimum absolute atomic E-state index is 0.0598. The van der Waals surface area contributed by atoms with Crippen LogP contribution in [0.3, 0.4) is 0 Å². The highest BCUT2D eigenvalue weighted by molar-refractivity contribution is 5.88. The highest BCUT2D eigenvalue weighted by atomic mass is 16.5. The van der Waals surface area contributed by atoms with Crippen molar-refractivity contribution >= 4 is 11.8 Å². The van der Waals surface area contributed by atoms with Gasteiger partial charge < -0.3 is 15.0 Å². The summed E-state index contributed by atoms with van der Waals surface area (Å²) in [5.74, 6) is 0.466. The van der Waals surface area contributed by atoms with E-state index < -0.39 is 6.04 Å². The predicted octanol–water partition coefficient (Wildman–Crippen LogP) is 4.94. The molecular weight excluding hydrogens is 400 g/mol. The van der Waals surface area contributed by atoms with Gasteiger partial charge in [0.05, 0.1) is 0 Å². The molecule has 0 spiro atoms. The third-order valence-electron chi connectivity index (χ3n) is 6.23. The molecule has 2 amide bonds. The van der Waals surface area contributed by atoms with E-state index in [2.05, 4.69) is 5.32 Å². The zero-order valence-electron chi connectivity index (χ0n) is 19.6. The molecule has 32 heavy (non-hydrogen) atoms. The van der Waals surface area contributed by atoms with Gasteiger partial charge >= 0.3 is 0 Å². The average Bonchev–Trinajstić information content (AvgIpc) is 2.80. The zero-order chi connectivity index (χ0) is 22.9. The number of rotatable bonds is 9. The van der Waals surface area contributed by atoms with Crippen LogP contribution in [0.4, 0.5) is 0 Å². The smallest absolute Gasteiger partial charge is 0.261 e. The molecule has 1 atom stereocenters. The van der Waals surface area contributed by atoms with Gasteiger partial charge in [0.25, 0.3) is 5.91 Å². The molecule has 0 unspecified atom stereocenters. The van der Waals surface area contributed by atoms with E-state index in [4.69, 9.17) is 4.74 Å². The summed E-state index contributed by atoms with van der Waals surface area (Å²) in [7, 11) is 0. The SMILES string of the molecule is CC[C@H](C(=O)NC1CCCCC1)N(Cc1ccccc1)C(=O)COc1cc(C)ccc1C. The van der Waals surface area contributed by atoms with Gasteiger partial charge in [0, 0.05) is 12.6 Å². The number of aryl methyl sites for hydroxylation is 2. The summed E-state index contributed by atoms with van der Waals surface area (Å²) in [5, 5.41) is 3.21. The number of nitrogens with zero attached hydrogens (tertiary/aromatic N) is 1. The van der Waals surface area contributed by atoms with E-state index >= 15 is 0 Å². The first-order valence-electron chi connectivity index (χ1n) is 11.8. The van der Waals surface area contributed by atoms with Gasteiger partial charge in [-0.1, -0.05) is 68.7 Å². The summed E-state index contributed by atoms with van der Waals surface area (Å²) in [6.45, 7) is 6.21. The molecule has 1 aliphatic rings. The Hall–Kier alpha value is -2.82. The fraction of sp³-hybridized carbons (Fsp3) is 0.481. The molecule has 1 aliphatic carbocycles. The molecule has 0 aliphatic heterocycles. The molecule has 2 aromatic carbocycles. The van der Waals surface area contributed by atoms with Crippen LogP contribution < -0.4 is 10.1 Å². The van der Waals surface area contributed by atoms with Crippen LogP contribution in [-0.2, 0) is 16.1 Å². The van der Waals surface area contributed by atoms with E-state index in [0.717, 1.165) is 42.4 Å². The molecule has 0 radical (unpaired) electrons. The lowest BCUT2D eigenvalue weighted by molar-refractivity contribution is -0.143. The quantitative estimate of drug-likeness (QED) is 0.606. The predicted molar refractivity (Wildman–Crippen MR) is 127 cm³/mol. The van der Waals surface area contributed by atoms with Crippen molar-refractivity contribution in [2.75, 3.05) is 6.61 Å². The summed E-state index contributed by atoms with van der Waals surface area (Å²) in [5.41, 5.74) is 3.06. The minimum atomic E-state index is -0.521. The normalized spacial score (nSPS) is 15.1. The van der Waals surface area contributed by atoms with Crippen molar-refractivity contribution in [2.24, 2.45) is 0 Å². The van der Waals surface area contributed by atoms with Crippen LogP contribution in [0.25, 0.3) is 0 Å². The first-order chi connectivity index (χ1) is 15.5.